The summed E-state index contributed by atoms with van der Waals surface area (Å²) in [5.74, 6) is -0.925. The van der Waals surface area contributed by atoms with Crippen molar-refractivity contribution in [1.29, 1.82) is 0 Å². The quantitative estimate of drug-likeness (QED) is 0.149. The molecule has 7 rings (SSSR count). The molecule has 5 amide bonds. The van der Waals surface area contributed by atoms with E-state index in [1.54, 1.807) is 29.2 Å². The summed E-state index contributed by atoms with van der Waals surface area (Å²) in [6.07, 6.45) is 2.99. The number of carbonyl (C=O) groups is 5. The van der Waals surface area contributed by atoms with Crippen LogP contribution in [0, 0.1) is 0 Å². The number of para-hydroxylation sites is 1. The maximum absolute atomic E-state index is 13.8. The highest BCUT2D eigenvalue weighted by molar-refractivity contribution is 5.99. The number of anilines is 3. The first kappa shape index (κ1) is 40.0. The van der Waals surface area contributed by atoms with Crippen LogP contribution in [0.5, 0.6) is 0 Å². The highest BCUT2D eigenvalue weighted by Crippen LogP contribution is 2.27. The number of amides is 5. The SMILES string of the molecule is COC(=O)N[C@@H](C(=O)N1CCC[C@H]1C(=O)Nc1ccc(CN(Cc2ccc(NC(=O)[C@@H]3CCCN3C(=O)[C@@H]3CCCO3)cc2)c2ccccc2)cc1)c1ccccc1. The molecule has 4 aromatic carbocycles. The monoisotopic (exact) mass is 786 g/mol. The first-order chi connectivity index (χ1) is 28.3. The summed E-state index contributed by atoms with van der Waals surface area (Å²) in [6, 6.07) is 32.3. The number of hydrogen-bond acceptors (Lipinski definition) is 8. The normalized spacial score (nSPS) is 19.3. The number of rotatable bonds is 13. The average molecular weight is 787 g/mol. The fourth-order valence-corrected chi connectivity index (χ4v) is 8.00. The largest absolute Gasteiger partial charge is 0.453 e. The Kier molecular flexibility index (Phi) is 13.0. The number of benzene rings is 4. The van der Waals surface area contributed by atoms with Gasteiger partial charge in [-0.15, -0.1) is 0 Å². The van der Waals surface area contributed by atoms with Gasteiger partial charge in [-0.3, -0.25) is 19.2 Å². The van der Waals surface area contributed by atoms with E-state index in [-0.39, 0.29) is 23.6 Å². The maximum atomic E-state index is 13.8. The van der Waals surface area contributed by atoms with Crippen molar-refractivity contribution in [3.05, 3.63) is 126 Å². The summed E-state index contributed by atoms with van der Waals surface area (Å²) >= 11 is 0. The predicted octanol–water partition coefficient (Wildman–Crippen LogP) is 6.03. The number of nitrogens with one attached hydrogen (secondary N) is 3. The zero-order valence-corrected chi connectivity index (χ0v) is 32.7. The van der Waals surface area contributed by atoms with Gasteiger partial charge in [-0.25, -0.2) is 4.79 Å². The van der Waals surface area contributed by atoms with Crippen LogP contribution in [0.4, 0.5) is 21.9 Å². The summed E-state index contributed by atoms with van der Waals surface area (Å²) in [4.78, 5) is 71.3. The third kappa shape index (κ3) is 9.66. The second-order valence-electron chi connectivity index (χ2n) is 14.9. The molecular formula is C45H50N6O7. The highest BCUT2D eigenvalue weighted by atomic mass is 16.5. The van der Waals surface area contributed by atoms with E-state index >= 15 is 0 Å². The zero-order chi connectivity index (χ0) is 40.4. The third-order valence-electron chi connectivity index (χ3n) is 11.0. The molecule has 0 bridgehead atoms. The summed E-state index contributed by atoms with van der Waals surface area (Å²) in [5, 5.41) is 8.65. The van der Waals surface area contributed by atoms with Crippen molar-refractivity contribution in [3.8, 4) is 0 Å². The Morgan fingerprint density at radius 3 is 1.76 bits per heavy atom. The Morgan fingerprint density at radius 1 is 0.690 bits per heavy atom. The van der Waals surface area contributed by atoms with Gasteiger partial charge in [-0.05, 0) is 91.6 Å². The number of nitrogens with zero attached hydrogens (tertiary/aromatic N) is 3. The number of likely N-dealkylation sites (tertiary alicyclic amines) is 2. The molecular weight excluding hydrogens is 737 g/mol. The van der Waals surface area contributed by atoms with Gasteiger partial charge in [0.05, 0.1) is 7.11 Å². The van der Waals surface area contributed by atoms with Gasteiger partial charge < -0.3 is 40.1 Å². The van der Waals surface area contributed by atoms with Gasteiger partial charge >= 0.3 is 6.09 Å². The van der Waals surface area contributed by atoms with E-state index in [1.165, 1.54) is 12.0 Å². The second-order valence-corrected chi connectivity index (χ2v) is 14.9. The fourth-order valence-electron chi connectivity index (χ4n) is 8.00. The predicted molar refractivity (Wildman–Crippen MR) is 220 cm³/mol. The van der Waals surface area contributed by atoms with Crippen LogP contribution in [0.3, 0.4) is 0 Å². The topological polar surface area (TPSA) is 150 Å². The van der Waals surface area contributed by atoms with Crippen LogP contribution in [0.15, 0.2) is 109 Å². The minimum Gasteiger partial charge on any atom is -0.453 e. The van der Waals surface area contributed by atoms with Gasteiger partial charge in [0.1, 0.15) is 24.2 Å². The van der Waals surface area contributed by atoms with E-state index in [1.807, 2.05) is 72.8 Å². The summed E-state index contributed by atoms with van der Waals surface area (Å²) in [5.41, 5.74) is 5.00. The Morgan fingerprint density at radius 2 is 1.22 bits per heavy atom. The van der Waals surface area contributed by atoms with Crippen molar-refractivity contribution in [3.63, 3.8) is 0 Å². The van der Waals surface area contributed by atoms with E-state index in [2.05, 4.69) is 33.0 Å². The minimum absolute atomic E-state index is 0.0834. The van der Waals surface area contributed by atoms with Crippen molar-refractivity contribution in [1.82, 2.24) is 15.1 Å². The van der Waals surface area contributed by atoms with Gasteiger partial charge in [0.15, 0.2) is 0 Å². The number of hydrogen-bond donors (Lipinski definition) is 3. The lowest BCUT2D eigenvalue weighted by molar-refractivity contribution is -0.144. The van der Waals surface area contributed by atoms with Gasteiger partial charge in [-0.2, -0.15) is 0 Å². The molecule has 0 aliphatic carbocycles. The molecule has 3 N–H and O–H groups in total. The third-order valence-corrected chi connectivity index (χ3v) is 11.0. The smallest absolute Gasteiger partial charge is 0.407 e. The van der Waals surface area contributed by atoms with E-state index in [9.17, 15) is 24.0 Å². The maximum Gasteiger partial charge on any atom is 0.407 e. The van der Waals surface area contributed by atoms with Gasteiger partial charge in [0.25, 0.3) is 11.8 Å². The molecule has 3 aliphatic rings. The molecule has 0 spiro atoms. The van der Waals surface area contributed by atoms with Crippen molar-refractivity contribution in [2.45, 2.75) is 75.8 Å². The van der Waals surface area contributed by atoms with Crippen LogP contribution in [-0.2, 0) is 41.7 Å². The number of ether oxygens (including phenoxy) is 2. The molecule has 3 heterocycles. The Bertz CT molecular complexity index is 2040. The van der Waals surface area contributed by atoms with Crippen molar-refractivity contribution >= 4 is 46.8 Å². The zero-order valence-electron chi connectivity index (χ0n) is 32.7. The Hall–Kier alpha value is -6.21. The molecule has 302 valence electrons. The molecule has 4 atom stereocenters. The molecule has 4 aromatic rings. The van der Waals surface area contributed by atoms with Crippen LogP contribution in [0.2, 0.25) is 0 Å². The van der Waals surface area contributed by atoms with E-state index in [0.717, 1.165) is 29.7 Å². The Balaban J connectivity index is 0.967. The fraction of sp³-hybridized carbons (Fsp3) is 0.356. The molecule has 58 heavy (non-hydrogen) atoms. The lowest BCUT2D eigenvalue weighted by Gasteiger charge is -2.28. The van der Waals surface area contributed by atoms with E-state index in [0.29, 0.717) is 75.4 Å². The van der Waals surface area contributed by atoms with Crippen LogP contribution in [0.1, 0.15) is 61.3 Å². The van der Waals surface area contributed by atoms with Gasteiger partial charge in [0.2, 0.25) is 11.8 Å². The highest BCUT2D eigenvalue weighted by Gasteiger charge is 2.40. The van der Waals surface area contributed by atoms with Crippen LogP contribution in [-0.4, -0.2) is 84.5 Å². The van der Waals surface area contributed by atoms with Gasteiger partial charge in [0, 0.05) is 49.8 Å². The summed E-state index contributed by atoms with van der Waals surface area (Å²) in [7, 11) is 1.24. The second kappa shape index (κ2) is 18.8. The molecule has 0 aromatic heterocycles. The average Bonchev–Trinajstić information content (AvgIpc) is 4.08. The molecule has 3 saturated heterocycles. The summed E-state index contributed by atoms with van der Waals surface area (Å²) < 4.78 is 10.4. The van der Waals surface area contributed by atoms with Crippen LogP contribution in [0.25, 0.3) is 0 Å². The lowest BCUT2D eigenvalue weighted by atomic mass is 10.0. The molecule has 3 fully saturated rings. The van der Waals surface area contributed by atoms with Crippen molar-refractivity contribution in [2.75, 3.05) is 42.3 Å². The van der Waals surface area contributed by atoms with Crippen molar-refractivity contribution < 1.29 is 33.4 Å². The van der Waals surface area contributed by atoms with Gasteiger partial charge in [-0.1, -0.05) is 72.8 Å². The number of alkyl carbamates (subject to hydrolysis) is 1. The molecule has 13 nitrogen and oxygen atoms in total. The number of methoxy groups -OCH3 is 1. The Labute approximate surface area is 338 Å². The molecule has 0 saturated carbocycles. The lowest BCUT2D eigenvalue weighted by Crippen LogP contribution is -2.48. The molecule has 0 unspecified atom stereocenters. The molecule has 0 radical (unpaired) electrons. The molecule has 13 heteroatoms. The van der Waals surface area contributed by atoms with E-state index in [4.69, 9.17) is 9.47 Å². The first-order valence-corrected chi connectivity index (χ1v) is 20.0. The van der Waals surface area contributed by atoms with Crippen molar-refractivity contribution in [2.24, 2.45) is 0 Å². The standard InChI is InChI=1S/C45H50N6O7/c1-57-45(56)48-40(33-11-4-2-5-12-33)44(55)51-27-9-16-38(51)42(53)47-35-24-20-32(21-25-35)30-49(36-13-6-3-7-14-36)29-31-18-22-34(23-19-31)46-41(52)37-15-8-26-50(37)43(54)39-17-10-28-58-39/h2-7,11-14,18-25,37-40H,8-10,15-17,26-30H2,1H3,(H,46,52)(H,47,53)(H,48,56)/t37-,38-,39-,40+/m0/s1. The number of carbonyl (C=O) groups excluding carboxylic acids is 5. The van der Waals surface area contributed by atoms with Crippen LogP contribution < -0.4 is 20.9 Å². The molecule has 3 aliphatic heterocycles. The first-order valence-electron chi connectivity index (χ1n) is 20.0. The summed E-state index contributed by atoms with van der Waals surface area (Å²) in [6.45, 7) is 2.74. The minimum atomic E-state index is -0.990. The van der Waals surface area contributed by atoms with Crippen LogP contribution >= 0.6 is 0 Å². The van der Waals surface area contributed by atoms with E-state index < -0.39 is 30.3 Å².